The van der Waals surface area contributed by atoms with Gasteiger partial charge in [-0.1, -0.05) is 26.0 Å². The molecule has 1 atom stereocenters. The molecule has 20 heavy (non-hydrogen) atoms. The average Bonchev–Trinajstić information content (AvgIpc) is 2.38. The van der Waals surface area contributed by atoms with Crippen molar-refractivity contribution in [1.29, 1.82) is 0 Å². The first-order valence-electron chi connectivity index (χ1n) is 6.78. The van der Waals surface area contributed by atoms with Crippen molar-refractivity contribution in [2.45, 2.75) is 32.7 Å². The third-order valence-electron chi connectivity index (χ3n) is 3.81. The Labute approximate surface area is 118 Å². The van der Waals surface area contributed by atoms with Crippen molar-refractivity contribution in [1.82, 2.24) is 5.32 Å². The highest BCUT2D eigenvalue weighted by Crippen LogP contribution is 2.31. The van der Waals surface area contributed by atoms with Crippen LogP contribution in [0.25, 0.3) is 0 Å². The summed E-state index contributed by atoms with van der Waals surface area (Å²) >= 11 is 0. The molecule has 1 unspecified atom stereocenters. The molecule has 0 aromatic heterocycles. The van der Waals surface area contributed by atoms with E-state index in [0.29, 0.717) is 5.69 Å². The summed E-state index contributed by atoms with van der Waals surface area (Å²) in [5.41, 5.74) is 0.308. The Hall–Kier alpha value is -1.88. The third-order valence-corrected chi connectivity index (χ3v) is 3.81. The van der Waals surface area contributed by atoms with E-state index in [1.54, 1.807) is 18.2 Å². The molecule has 0 bridgehead atoms. The summed E-state index contributed by atoms with van der Waals surface area (Å²) in [6.45, 7) is 4.90. The Morgan fingerprint density at radius 3 is 2.70 bits per heavy atom. The van der Waals surface area contributed by atoms with E-state index in [2.05, 4.69) is 10.6 Å². The van der Waals surface area contributed by atoms with Gasteiger partial charge >= 0.3 is 5.97 Å². The summed E-state index contributed by atoms with van der Waals surface area (Å²) in [5, 5.41) is 15.1. The summed E-state index contributed by atoms with van der Waals surface area (Å²) in [5.74, 6) is -1.22. The second-order valence-electron chi connectivity index (χ2n) is 5.82. The van der Waals surface area contributed by atoms with Crippen LogP contribution in [-0.2, 0) is 4.79 Å². The number of carbonyl (C=O) groups excluding carboxylic acids is 1. The van der Waals surface area contributed by atoms with Gasteiger partial charge in [0.25, 0.3) is 0 Å². The van der Waals surface area contributed by atoms with Gasteiger partial charge in [0.05, 0.1) is 17.3 Å². The van der Waals surface area contributed by atoms with Crippen molar-refractivity contribution in [2.24, 2.45) is 5.41 Å². The molecule has 5 heteroatoms. The number of hydrogen-bond donors (Lipinski definition) is 3. The Morgan fingerprint density at radius 1 is 1.35 bits per heavy atom. The number of para-hydroxylation sites is 1. The van der Waals surface area contributed by atoms with E-state index in [4.69, 9.17) is 5.11 Å². The maximum atomic E-state index is 12.4. The first-order chi connectivity index (χ1) is 9.42. The molecule has 1 saturated heterocycles. The topological polar surface area (TPSA) is 78.4 Å². The van der Waals surface area contributed by atoms with Crippen LogP contribution in [0.1, 0.15) is 37.0 Å². The Bertz CT molecular complexity index is 526. The summed E-state index contributed by atoms with van der Waals surface area (Å²) in [6.07, 6.45) is 2.02. The largest absolute Gasteiger partial charge is 0.478 e. The van der Waals surface area contributed by atoms with Crippen molar-refractivity contribution in [2.75, 3.05) is 11.9 Å². The minimum Gasteiger partial charge on any atom is -0.478 e. The maximum absolute atomic E-state index is 12.4. The van der Waals surface area contributed by atoms with Crippen molar-refractivity contribution < 1.29 is 14.7 Å². The normalized spacial score (nSPS) is 21.2. The van der Waals surface area contributed by atoms with Crippen molar-refractivity contribution in [3.05, 3.63) is 29.8 Å². The van der Waals surface area contributed by atoms with Crippen molar-refractivity contribution >= 4 is 17.6 Å². The van der Waals surface area contributed by atoms with Crippen molar-refractivity contribution in [3.8, 4) is 0 Å². The first kappa shape index (κ1) is 14.5. The van der Waals surface area contributed by atoms with Crippen LogP contribution in [0.15, 0.2) is 24.3 Å². The van der Waals surface area contributed by atoms with Gasteiger partial charge < -0.3 is 15.7 Å². The van der Waals surface area contributed by atoms with E-state index < -0.39 is 5.97 Å². The molecule has 0 spiro atoms. The molecule has 1 aromatic carbocycles. The predicted octanol–water partition coefficient (Wildman–Crippen LogP) is 2.10. The van der Waals surface area contributed by atoms with Crippen LogP contribution in [0.3, 0.4) is 0 Å². The van der Waals surface area contributed by atoms with E-state index in [9.17, 15) is 9.59 Å². The number of anilines is 1. The van der Waals surface area contributed by atoms with Gasteiger partial charge in [0.1, 0.15) is 0 Å². The molecule has 1 aromatic rings. The third kappa shape index (κ3) is 2.99. The average molecular weight is 276 g/mol. The quantitative estimate of drug-likeness (QED) is 0.790. The summed E-state index contributed by atoms with van der Waals surface area (Å²) < 4.78 is 0. The number of carbonyl (C=O) groups is 2. The molecule has 3 N–H and O–H groups in total. The predicted molar refractivity (Wildman–Crippen MR) is 76.8 cm³/mol. The van der Waals surface area contributed by atoms with Crippen molar-refractivity contribution in [3.63, 3.8) is 0 Å². The number of rotatable bonds is 3. The molecular weight excluding hydrogens is 256 g/mol. The molecule has 0 saturated carbocycles. The second-order valence-corrected chi connectivity index (χ2v) is 5.82. The number of hydrogen-bond acceptors (Lipinski definition) is 3. The Morgan fingerprint density at radius 2 is 2.05 bits per heavy atom. The summed E-state index contributed by atoms with van der Waals surface area (Å²) in [7, 11) is 0. The fraction of sp³-hybridized carbons (Fsp3) is 0.467. The number of aromatic carboxylic acids is 1. The zero-order chi connectivity index (χ0) is 14.8. The van der Waals surface area contributed by atoms with Crippen LogP contribution in [0.5, 0.6) is 0 Å². The van der Waals surface area contributed by atoms with Crippen LogP contribution in [0, 0.1) is 5.41 Å². The van der Waals surface area contributed by atoms with E-state index in [0.717, 1.165) is 19.4 Å². The monoisotopic (exact) mass is 276 g/mol. The van der Waals surface area contributed by atoms with Crippen LogP contribution >= 0.6 is 0 Å². The fourth-order valence-electron chi connectivity index (χ4n) is 2.64. The summed E-state index contributed by atoms with van der Waals surface area (Å²) in [6, 6.07) is 6.14. The van der Waals surface area contributed by atoms with Crippen LogP contribution in [0.2, 0.25) is 0 Å². The lowest BCUT2D eigenvalue weighted by Crippen LogP contribution is -2.53. The summed E-state index contributed by atoms with van der Waals surface area (Å²) in [4.78, 5) is 23.5. The molecule has 5 nitrogen and oxygen atoms in total. The van der Waals surface area contributed by atoms with E-state index >= 15 is 0 Å². The van der Waals surface area contributed by atoms with Gasteiger partial charge in [0.15, 0.2) is 0 Å². The van der Waals surface area contributed by atoms with E-state index in [-0.39, 0.29) is 22.9 Å². The van der Waals surface area contributed by atoms with Crippen LogP contribution < -0.4 is 10.6 Å². The Kier molecular flexibility index (Phi) is 4.09. The van der Waals surface area contributed by atoms with Gasteiger partial charge in [-0.3, -0.25) is 4.79 Å². The Balaban J connectivity index is 2.18. The van der Waals surface area contributed by atoms with Gasteiger partial charge in [-0.15, -0.1) is 0 Å². The molecule has 1 amide bonds. The molecule has 1 fully saturated rings. The van der Waals surface area contributed by atoms with E-state index in [1.165, 1.54) is 6.07 Å². The van der Waals surface area contributed by atoms with Crippen LogP contribution in [0.4, 0.5) is 5.69 Å². The van der Waals surface area contributed by atoms with Gasteiger partial charge in [0, 0.05) is 0 Å². The number of carboxylic acid groups (broad SMARTS) is 1. The zero-order valence-electron chi connectivity index (χ0n) is 11.8. The molecule has 2 rings (SSSR count). The fourth-order valence-corrected chi connectivity index (χ4v) is 2.64. The van der Waals surface area contributed by atoms with Gasteiger partial charge in [-0.2, -0.15) is 0 Å². The molecule has 108 valence electrons. The SMILES string of the molecule is CC1(C)CCCNC1C(=O)Nc1ccccc1C(=O)O. The highest BCUT2D eigenvalue weighted by atomic mass is 16.4. The number of amides is 1. The lowest BCUT2D eigenvalue weighted by Gasteiger charge is -2.38. The number of nitrogens with one attached hydrogen (secondary N) is 2. The van der Waals surface area contributed by atoms with Crippen LogP contribution in [-0.4, -0.2) is 29.6 Å². The first-order valence-corrected chi connectivity index (χ1v) is 6.78. The standard InChI is InChI=1S/C15H20N2O3/c1-15(2)8-5-9-16-12(15)13(18)17-11-7-4-3-6-10(11)14(19)20/h3-4,6-7,12,16H,5,8-9H2,1-2H3,(H,17,18)(H,19,20). The number of carboxylic acids is 1. The molecule has 0 aliphatic carbocycles. The minimum absolute atomic E-state index is 0.106. The highest BCUT2D eigenvalue weighted by molar-refractivity contribution is 6.02. The minimum atomic E-state index is -1.04. The molecule has 1 aliphatic rings. The number of benzene rings is 1. The zero-order valence-corrected chi connectivity index (χ0v) is 11.8. The number of piperidine rings is 1. The highest BCUT2D eigenvalue weighted by Gasteiger charge is 2.37. The lowest BCUT2D eigenvalue weighted by atomic mass is 9.77. The lowest BCUT2D eigenvalue weighted by molar-refractivity contribution is -0.121. The van der Waals surface area contributed by atoms with Gasteiger partial charge in [-0.05, 0) is 36.9 Å². The molecule has 1 heterocycles. The maximum Gasteiger partial charge on any atom is 0.337 e. The smallest absolute Gasteiger partial charge is 0.337 e. The van der Waals surface area contributed by atoms with Gasteiger partial charge in [0.2, 0.25) is 5.91 Å². The van der Waals surface area contributed by atoms with E-state index in [1.807, 2.05) is 13.8 Å². The molecular formula is C15H20N2O3. The van der Waals surface area contributed by atoms with Gasteiger partial charge in [-0.25, -0.2) is 4.79 Å². The molecule has 0 radical (unpaired) electrons. The molecule has 1 aliphatic heterocycles. The second kappa shape index (κ2) is 5.63.